The molecule has 0 amide bonds. The van der Waals surface area contributed by atoms with E-state index in [0.29, 0.717) is 5.69 Å². The molecule has 3 nitrogen and oxygen atoms in total. The summed E-state index contributed by atoms with van der Waals surface area (Å²) in [6.45, 7) is 3.79. The fraction of sp³-hybridized carbons (Fsp3) is 0.600. The number of aromatic nitrogens is 1. The second kappa shape index (κ2) is 3.79. The third-order valence-electron chi connectivity index (χ3n) is 2.76. The van der Waals surface area contributed by atoms with Crippen LogP contribution in [0, 0.1) is 0 Å². The molecule has 0 aromatic carbocycles. The van der Waals surface area contributed by atoms with Crippen LogP contribution in [-0.2, 0) is 10.2 Å². The summed E-state index contributed by atoms with van der Waals surface area (Å²) < 4.78 is 5.33. The van der Waals surface area contributed by atoms with Gasteiger partial charge in [-0.05, 0) is 12.8 Å². The van der Waals surface area contributed by atoms with Gasteiger partial charge in [-0.3, -0.25) is 4.79 Å². The van der Waals surface area contributed by atoms with E-state index in [1.165, 1.54) is 0 Å². The molecular formula is C10H13NO2S. The zero-order chi connectivity index (χ0) is 10.0. The zero-order valence-corrected chi connectivity index (χ0v) is 8.97. The minimum atomic E-state index is 0.115. The highest BCUT2D eigenvalue weighted by molar-refractivity contribution is 7.10. The van der Waals surface area contributed by atoms with Gasteiger partial charge in [0.2, 0.25) is 0 Å². The molecule has 0 radical (unpaired) electrons. The molecule has 0 saturated carbocycles. The average molecular weight is 211 g/mol. The molecule has 1 aliphatic heterocycles. The van der Waals surface area contributed by atoms with Gasteiger partial charge in [-0.2, -0.15) is 0 Å². The van der Waals surface area contributed by atoms with Gasteiger partial charge in [-0.15, -0.1) is 11.3 Å². The van der Waals surface area contributed by atoms with E-state index in [0.717, 1.165) is 37.3 Å². The Morgan fingerprint density at radius 3 is 2.86 bits per heavy atom. The van der Waals surface area contributed by atoms with Crippen molar-refractivity contribution in [3.63, 3.8) is 0 Å². The average Bonchev–Trinajstić information content (AvgIpc) is 2.67. The van der Waals surface area contributed by atoms with Crippen LogP contribution in [0.15, 0.2) is 5.38 Å². The summed E-state index contributed by atoms with van der Waals surface area (Å²) in [7, 11) is 0. The monoisotopic (exact) mass is 211 g/mol. The van der Waals surface area contributed by atoms with Gasteiger partial charge >= 0.3 is 0 Å². The highest BCUT2D eigenvalue weighted by atomic mass is 32.1. The van der Waals surface area contributed by atoms with Gasteiger partial charge in [0, 0.05) is 24.0 Å². The van der Waals surface area contributed by atoms with Gasteiger partial charge in [0.15, 0.2) is 6.29 Å². The van der Waals surface area contributed by atoms with Gasteiger partial charge in [-0.1, -0.05) is 6.92 Å². The summed E-state index contributed by atoms with van der Waals surface area (Å²) in [5, 5.41) is 2.89. The summed E-state index contributed by atoms with van der Waals surface area (Å²) in [5.74, 6) is 0. The van der Waals surface area contributed by atoms with Gasteiger partial charge < -0.3 is 4.74 Å². The van der Waals surface area contributed by atoms with E-state index in [4.69, 9.17) is 4.74 Å². The van der Waals surface area contributed by atoms with E-state index >= 15 is 0 Å². The molecule has 4 heteroatoms. The second-order valence-electron chi connectivity index (χ2n) is 3.87. The molecular weight excluding hydrogens is 198 g/mol. The van der Waals surface area contributed by atoms with Crippen molar-refractivity contribution in [1.29, 1.82) is 0 Å². The first kappa shape index (κ1) is 9.80. The van der Waals surface area contributed by atoms with Gasteiger partial charge in [-0.25, -0.2) is 4.98 Å². The van der Waals surface area contributed by atoms with Crippen molar-refractivity contribution in [3.05, 3.63) is 16.1 Å². The van der Waals surface area contributed by atoms with Crippen molar-refractivity contribution in [2.75, 3.05) is 13.2 Å². The molecule has 1 fully saturated rings. The third-order valence-corrected chi connectivity index (χ3v) is 3.92. The molecule has 0 bridgehead atoms. The molecule has 0 N–H and O–H groups in total. The van der Waals surface area contributed by atoms with E-state index in [-0.39, 0.29) is 5.41 Å². The number of hydrogen-bond acceptors (Lipinski definition) is 4. The normalized spacial score (nSPS) is 20.6. The molecule has 2 rings (SSSR count). The molecule has 76 valence electrons. The summed E-state index contributed by atoms with van der Waals surface area (Å²) >= 11 is 1.58. The van der Waals surface area contributed by atoms with Gasteiger partial charge in [0.05, 0.1) is 5.01 Å². The Hall–Kier alpha value is -0.740. The van der Waals surface area contributed by atoms with Crippen molar-refractivity contribution in [2.45, 2.75) is 25.2 Å². The Kier molecular flexibility index (Phi) is 2.65. The molecule has 0 atom stereocenters. The van der Waals surface area contributed by atoms with E-state index in [1.807, 2.05) is 5.38 Å². The van der Waals surface area contributed by atoms with Crippen molar-refractivity contribution in [2.24, 2.45) is 0 Å². The number of carbonyl (C=O) groups excluding carboxylic acids is 1. The summed E-state index contributed by atoms with van der Waals surface area (Å²) in [5.41, 5.74) is 0.669. The molecule has 0 spiro atoms. The maximum atomic E-state index is 10.5. The predicted octanol–water partition coefficient (Wildman–Crippen LogP) is 2.02. The van der Waals surface area contributed by atoms with Crippen LogP contribution >= 0.6 is 11.3 Å². The molecule has 1 aromatic rings. The smallest absolute Gasteiger partial charge is 0.169 e. The van der Waals surface area contributed by atoms with E-state index in [2.05, 4.69) is 11.9 Å². The highest BCUT2D eigenvalue weighted by Gasteiger charge is 2.32. The van der Waals surface area contributed by atoms with E-state index < -0.39 is 0 Å². The van der Waals surface area contributed by atoms with Crippen LogP contribution in [0.5, 0.6) is 0 Å². The third kappa shape index (κ3) is 1.72. The van der Waals surface area contributed by atoms with Crippen LogP contribution in [0.4, 0.5) is 0 Å². The SMILES string of the molecule is CC1(c2nc(C=O)cs2)CCOCC1. The molecule has 0 unspecified atom stereocenters. The largest absolute Gasteiger partial charge is 0.381 e. The van der Waals surface area contributed by atoms with E-state index in [9.17, 15) is 4.79 Å². The van der Waals surface area contributed by atoms with Gasteiger partial charge in [0.25, 0.3) is 0 Å². The van der Waals surface area contributed by atoms with Crippen LogP contribution in [0.25, 0.3) is 0 Å². The first-order valence-corrected chi connectivity index (χ1v) is 5.61. The number of aldehydes is 1. The van der Waals surface area contributed by atoms with Crippen molar-refractivity contribution in [1.82, 2.24) is 4.98 Å². The molecule has 2 heterocycles. The lowest BCUT2D eigenvalue weighted by Crippen LogP contribution is -2.30. The second-order valence-corrected chi connectivity index (χ2v) is 4.73. The maximum Gasteiger partial charge on any atom is 0.169 e. The van der Waals surface area contributed by atoms with Crippen molar-refractivity contribution in [3.8, 4) is 0 Å². The maximum absolute atomic E-state index is 10.5. The molecule has 0 aliphatic carbocycles. The Morgan fingerprint density at radius 2 is 2.29 bits per heavy atom. The van der Waals surface area contributed by atoms with Crippen LogP contribution < -0.4 is 0 Å². The lowest BCUT2D eigenvalue weighted by atomic mass is 9.83. The van der Waals surface area contributed by atoms with Crippen LogP contribution in [-0.4, -0.2) is 24.5 Å². The minimum absolute atomic E-state index is 0.115. The minimum Gasteiger partial charge on any atom is -0.381 e. The number of thiazole rings is 1. The molecule has 1 aliphatic rings. The number of nitrogens with zero attached hydrogens (tertiary/aromatic N) is 1. The topological polar surface area (TPSA) is 39.2 Å². The summed E-state index contributed by atoms with van der Waals surface area (Å²) in [6, 6.07) is 0. The Bertz CT molecular complexity index is 329. The summed E-state index contributed by atoms with van der Waals surface area (Å²) in [6.07, 6.45) is 2.81. The Morgan fingerprint density at radius 1 is 1.57 bits per heavy atom. The Balaban J connectivity index is 2.23. The van der Waals surface area contributed by atoms with Gasteiger partial charge in [0.1, 0.15) is 5.69 Å². The van der Waals surface area contributed by atoms with Crippen molar-refractivity contribution < 1.29 is 9.53 Å². The molecule has 14 heavy (non-hydrogen) atoms. The highest BCUT2D eigenvalue weighted by Crippen LogP contribution is 2.35. The molecule has 1 aromatic heterocycles. The number of rotatable bonds is 2. The first-order valence-electron chi connectivity index (χ1n) is 4.73. The quantitative estimate of drug-likeness (QED) is 0.702. The number of hydrogen-bond donors (Lipinski definition) is 0. The number of carbonyl (C=O) groups is 1. The van der Waals surface area contributed by atoms with E-state index in [1.54, 1.807) is 11.3 Å². The summed E-state index contributed by atoms with van der Waals surface area (Å²) in [4.78, 5) is 14.8. The molecule has 1 saturated heterocycles. The fourth-order valence-corrected chi connectivity index (χ4v) is 2.64. The fourth-order valence-electron chi connectivity index (χ4n) is 1.65. The lowest BCUT2D eigenvalue weighted by Gasteiger charge is -2.31. The zero-order valence-electron chi connectivity index (χ0n) is 8.16. The standard InChI is InChI=1S/C10H13NO2S/c1-10(2-4-13-5-3-10)9-11-8(6-12)7-14-9/h6-7H,2-5H2,1H3. The predicted molar refractivity (Wildman–Crippen MR) is 54.9 cm³/mol. The van der Waals surface area contributed by atoms with Crippen LogP contribution in [0.3, 0.4) is 0 Å². The number of ether oxygens (including phenoxy) is 1. The van der Waals surface area contributed by atoms with Crippen molar-refractivity contribution >= 4 is 17.6 Å². The first-order chi connectivity index (χ1) is 6.74. The lowest BCUT2D eigenvalue weighted by molar-refractivity contribution is 0.0563. The van der Waals surface area contributed by atoms with Crippen LogP contribution in [0.2, 0.25) is 0 Å². The van der Waals surface area contributed by atoms with Crippen LogP contribution in [0.1, 0.15) is 35.3 Å². The Labute approximate surface area is 87.1 Å².